The first-order valence-electron chi connectivity index (χ1n) is 8.64. The van der Waals surface area contributed by atoms with Crippen molar-refractivity contribution in [2.75, 3.05) is 0 Å². The lowest BCUT2D eigenvalue weighted by molar-refractivity contribution is 0.112. The molecular formula is C23H21N3O. The van der Waals surface area contributed by atoms with E-state index in [1.165, 1.54) is 11.1 Å². The molecule has 4 aromatic rings. The number of aromatic nitrogens is 1. The van der Waals surface area contributed by atoms with Crippen LogP contribution >= 0.6 is 0 Å². The Kier molecular flexibility index (Phi) is 5.80. The molecule has 0 aliphatic carbocycles. The fourth-order valence-corrected chi connectivity index (χ4v) is 2.77. The Balaban J connectivity index is 0.000000166. The molecule has 0 atom stereocenters. The molecule has 3 N–H and O–H groups in total. The quantitative estimate of drug-likeness (QED) is 0.234. The number of hydrazone groups is 1. The second kappa shape index (κ2) is 8.63. The SMILES string of the molecule is CC(=NN)c1ccc(-c2ccccc2)cc1.O=Cc1cc2ccccc2[nH]1. The summed E-state index contributed by atoms with van der Waals surface area (Å²) < 4.78 is 0. The van der Waals surface area contributed by atoms with Crippen molar-refractivity contribution in [3.05, 3.63) is 96.2 Å². The van der Waals surface area contributed by atoms with Gasteiger partial charge in [-0.05, 0) is 35.7 Å². The van der Waals surface area contributed by atoms with Gasteiger partial charge in [-0.1, -0.05) is 72.8 Å². The van der Waals surface area contributed by atoms with Crippen LogP contribution in [0, 0.1) is 0 Å². The van der Waals surface area contributed by atoms with Gasteiger partial charge < -0.3 is 10.8 Å². The van der Waals surface area contributed by atoms with Crippen LogP contribution in [-0.2, 0) is 0 Å². The second-order valence-corrected chi connectivity index (χ2v) is 6.09. The normalized spacial score (nSPS) is 10.9. The number of nitrogens with one attached hydrogen (secondary N) is 1. The largest absolute Gasteiger partial charge is 0.352 e. The van der Waals surface area contributed by atoms with Crippen LogP contribution in [0.25, 0.3) is 22.0 Å². The van der Waals surface area contributed by atoms with Crippen LogP contribution in [0.3, 0.4) is 0 Å². The van der Waals surface area contributed by atoms with E-state index in [2.05, 4.69) is 34.4 Å². The average molecular weight is 355 g/mol. The van der Waals surface area contributed by atoms with Gasteiger partial charge in [-0.3, -0.25) is 4.79 Å². The number of aromatic amines is 1. The van der Waals surface area contributed by atoms with E-state index in [0.717, 1.165) is 28.5 Å². The molecule has 0 spiro atoms. The Morgan fingerprint density at radius 3 is 2.15 bits per heavy atom. The summed E-state index contributed by atoms with van der Waals surface area (Å²) in [5, 5.41) is 4.76. The van der Waals surface area contributed by atoms with Crippen LogP contribution < -0.4 is 5.84 Å². The first-order chi connectivity index (χ1) is 13.2. The Bertz CT molecular complexity index is 1010. The van der Waals surface area contributed by atoms with Gasteiger partial charge in [0.1, 0.15) is 0 Å². The van der Waals surface area contributed by atoms with E-state index in [0.29, 0.717) is 5.69 Å². The third kappa shape index (κ3) is 4.50. The number of H-pyrrole nitrogens is 1. The first-order valence-corrected chi connectivity index (χ1v) is 8.64. The Hall–Kier alpha value is -3.66. The summed E-state index contributed by atoms with van der Waals surface area (Å²) in [5.74, 6) is 5.24. The molecule has 4 heteroatoms. The molecule has 0 saturated carbocycles. The molecule has 0 unspecified atom stereocenters. The lowest BCUT2D eigenvalue weighted by Gasteiger charge is -2.03. The van der Waals surface area contributed by atoms with Crippen molar-refractivity contribution in [3.63, 3.8) is 0 Å². The molecule has 0 aliphatic rings. The molecule has 1 heterocycles. The molecule has 4 rings (SSSR count). The summed E-state index contributed by atoms with van der Waals surface area (Å²) >= 11 is 0. The van der Waals surface area contributed by atoms with Gasteiger partial charge in [-0.2, -0.15) is 5.10 Å². The fourth-order valence-electron chi connectivity index (χ4n) is 2.77. The number of carbonyl (C=O) groups excluding carboxylic acids is 1. The number of aldehydes is 1. The summed E-state index contributed by atoms with van der Waals surface area (Å²) in [6.45, 7) is 1.90. The highest BCUT2D eigenvalue weighted by Crippen LogP contribution is 2.19. The molecule has 0 aliphatic heterocycles. The minimum Gasteiger partial charge on any atom is -0.352 e. The Morgan fingerprint density at radius 1 is 0.889 bits per heavy atom. The summed E-state index contributed by atoms with van der Waals surface area (Å²) in [6.07, 6.45) is 0.819. The van der Waals surface area contributed by atoms with Gasteiger partial charge in [-0.25, -0.2) is 0 Å². The second-order valence-electron chi connectivity index (χ2n) is 6.09. The monoisotopic (exact) mass is 355 g/mol. The topological polar surface area (TPSA) is 71.2 Å². The smallest absolute Gasteiger partial charge is 0.166 e. The third-order valence-electron chi connectivity index (χ3n) is 4.28. The van der Waals surface area contributed by atoms with Crippen molar-refractivity contribution in [2.24, 2.45) is 10.9 Å². The van der Waals surface area contributed by atoms with E-state index in [4.69, 9.17) is 5.84 Å². The maximum Gasteiger partial charge on any atom is 0.166 e. The highest BCUT2D eigenvalue weighted by molar-refractivity contribution is 5.98. The highest BCUT2D eigenvalue weighted by Gasteiger charge is 1.99. The zero-order valence-electron chi connectivity index (χ0n) is 15.1. The number of fused-ring (bicyclic) bond motifs is 1. The van der Waals surface area contributed by atoms with Gasteiger partial charge in [0.15, 0.2) is 6.29 Å². The Labute approximate surface area is 158 Å². The molecule has 1 aromatic heterocycles. The number of hydrogen-bond acceptors (Lipinski definition) is 3. The number of benzene rings is 3. The van der Waals surface area contributed by atoms with Crippen LogP contribution in [0.5, 0.6) is 0 Å². The van der Waals surface area contributed by atoms with Crippen molar-refractivity contribution in [2.45, 2.75) is 6.92 Å². The lowest BCUT2D eigenvalue weighted by atomic mass is 10.0. The van der Waals surface area contributed by atoms with E-state index in [1.807, 2.05) is 67.6 Å². The predicted octanol–water partition coefficient (Wildman–Crippen LogP) is 5.02. The zero-order valence-corrected chi connectivity index (χ0v) is 15.1. The van der Waals surface area contributed by atoms with Crippen molar-refractivity contribution in [3.8, 4) is 11.1 Å². The summed E-state index contributed by atoms with van der Waals surface area (Å²) in [7, 11) is 0. The van der Waals surface area contributed by atoms with Gasteiger partial charge in [0, 0.05) is 10.9 Å². The van der Waals surface area contributed by atoms with Gasteiger partial charge in [-0.15, -0.1) is 0 Å². The van der Waals surface area contributed by atoms with E-state index < -0.39 is 0 Å². The summed E-state index contributed by atoms with van der Waals surface area (Å²) in [5.41, 5.74) is 5.97. The van der Waals surface area contributed by atoms with E-state index >= 15 is 0 Å². The van der Waals surface area contributed by atoms with E-state index in [9.17, 15) is 4.79 Å². The molecule has 0 fully saturated rings. The maximum atomic E-state index is 10.3. The molecule has 27 heavy (non-hydrogen) atoms. The molecule has 0 saturated heterocycles. The average Bonchev–Trinajstić information content (AvgIpc) is 3.18. The molecule has 134 valence electrons. The summed E-state index contributed by atoms with van der Waals surface area (Å²) in [4.78, 5) is 13.3. The molecule has 0 amide bonds. The van der Waals surface area contributed by atoms with Gasteiger partial charge >= 0.3 is 0 Å². The van der Waals surface area contributed by atoms with Crippen molar-refractivity contribution < 1.29 is 4.79 Å². The zero-order chi connectivity index (χ0) is 19.1. The van der Waals surface area contributed by atoms with Crippen LogP contribution in [0.2, 0.25) is 0 Å². The number of para-hydroxylation sites is 1. The van der Waals surface area contributed by atoms with Crippen molar-refractivity contribution in [1.29, 1.82) is 0 Å². The first kappa shape index (κ1) is 18.1. The van der Waals surface area contributed by atoms with Gasteiger partial charge in [0.2, 0.25) is 0 Å². The van der Waals surface area contributed by atoms with Crippen LogP contribution in [0.15, 0.2) is 90.0 Å². The van der Waals surface area contributed by atoms with Gasteiger partial charge in [0.05, 0.1) is 11.4 Å². The van der Waals surface area contributed by atoms with Crippen LogP contribution in [0.1, 0.15) is 23.0 Å². The molecular weight excluding hydrogens is 334 g/mol. The Morgan fingerprint density at radius 2 is 1.52 bits per heavy atom. The van der Waals surface area contributed by atoms with Crippen LogP contribution in [-0.4, -0.2) is 17.0 Å². The van der Waals surface area contributed by atoms with Crippen LogP contribution in [0.4, 0.5) is 0 Å². The molecule has 3 aromatic carbocycles. The van der Waals surface area contributed by atoms with E-state index in [-0.39, 0.29) is 0 Å². The van der Waals surface area contributed by atoms with Crippen molar-refractivity contribution >= 4 is 22.9 Å². The highest BCUT2D eigenvalue weighted by atomic mass is 16.1. The number of rotatable bonds is 3. The predicted molar refractivity (Wildman–Crippen MR) is 112 cm³/mol. The molecule has 4 nitrogen and oxygen atoms in total. The number of nitrogens with zero attached hydrogens (tertiary/aromatic N) is 1. The molecule has 0 radical (unpaired) electrons. The lowest BCUT2D eigenvalue weighted by Crippen LogP contribution is -1.98. The maximum absolute atomic E-state index is 10.3. The minimum atomic E-state index is 0.631. The standard InChI is InChI=1S/C14H14N2.C9H7NO/c1-11(16-15)12-7-9-14(10-8-12)13-5-3-2-4-6-13;11-6-8-5-7-3-1-2-4-9(7)10-8/h2-10H,15H2,1H3;1-6,10H. The van der Waals surface area contributed by atoms with E-state index in [1.54, 1.807) is 0 Å². The summed E-state index contributed by atoms with van der Waals surface area (Å²) in [6, 6.07) is 28.2. The number of nitrogens with two attached hydrogens (primary N) is 1. The van der Waals surface area contributed by atoms with Gasteiger partial charge in [0.25, 0.3) is 0 Å². The van der Waals surface area contributed by atoms with Crippen molar-refractivity contribution in [1.82, 2.24) is 4.98 Å². The third-order valence-corrected chi connectivity index (χ3v) is 4.28. The molecule has 0 bridgehead atoms. The fraction of sp³-hybridized carbons (Fsp3) is 0.0435. The number of hydrogen-bond donors (Lipinski definition) is 2. The number of carbonyl (C=O) groups is 1. The minimum absolute atomic E-state index is 0.631.